The maximum absolute atomic E-state index is 14.6. The molecule has 302 valence electrons. The Morgan fingerprint density at radius 2 is 1.18 bits per heavy atom. The van der Waals surface area contributed by atoms with Gasteiger partial charge in [0.25, 0.3) is 23.6 Å². The largest absolute Gasteiger partial charge is 0.508 e. The molecule has 2 aliphatic heterocycles. The van der Waals surface area contributed by atoms with Crippen LogP contribution in [0.1, 0.15) is 35.7 Å². The van der Waals surface area contributed by atoms with Crippen LogP contribution in [0.4, 0.5) is 38.0 Å². The van der Waals surface area contributed by atoms with E-state index in [1.165, 1.54) is 26.4 Å². The number of nitrogens with zero attached hydrogens (tertiary/aromatic N) is 6. The lowest BCUT2D eigenvalue weighted by Crippen LogP contribution is -2.46. The number of ether oxygens (including phenoxy) is 2. The van der Waals surface area contributed by atoms with Gasteiger partial charge < -0.3 is 14.6 Å². The number of aromatic hydroxyl groups is 1. The summed E-state index contributed by atoms with van der Waals surface area (Å²) in [6.07, 6.45) is -8.43. The minimum absolute atomic E-state index is 0.0226. The highest BCUT2D eigenvalue weighted by Gasteiger charge is 2.64. The first-order valence-corrected chi connectivity index (χ1v) is 17.8. The lowest BCUT2D eigenvalue weighted by atomic mass is 9.57. The van der Waals surface area contributed by atoms with Crippen molar-refractivity contribution in [1.82, 2.24) is 20.0 Å². The van der Waals surface area contributed by atoms with Gasteiger partial charge in [-0.05, 0) is 43.0 Å². The molecule has 6 unspecified atom stereocenters. The van der Waals surface area contributed by atoms with Crippen molar-refractivity contribution in [1.29, 1.82) is 0 Å². The van der Waals surface area contributed by atoms with Crippen LogP contribution in [0.15, 0.2) is 48.0 Å². The van der Waals surface area contributed by atoms with E-state index in [1.54, 1.807) is 6.08 Å². The zero-order valence-electron chi connectivity index (χ0n) is 30.0. The Balaban J connectivity index is 1.34. The molecule has 2 saturated heterocycles. The quantitative estimate of drug-likeness (QED) is 0.163. The molecule has 2 aliphatic carbocycles. The number of hydrogen-bond donors (Lipinski definition) is 1. The molecule has 7 rings (SSSR count). The molecule has 3 aromatic rings. The Bertz CT molecular complexity index is 2230. The fourth-order valence-corrected chi connectivity index (χ4v) is 8.98. The molecular formula is C36H30Cl2F6N6O7. The first-order chi connectivity index (χ1) is 26.7. The van der Waals surface area contributed by atoms with Crippen molar-refractivity contribution in [3.05, 3.63) is 75.0 Å². The molecule has 1 aromatic carbocycles. The van der Waals surface area contributed by atoms with Crippen molar-refractivity contribution in [2.75, 3.05) is 38.3 Å². The number of pyridine rings is 2. The summed E-state index contributed by atoms with van der Waals surface area (Å²) in [5.74, 6) is -11.7. The molecule has 0 spiro atoms. The van der Waals surface area contributed by atoms with Crippen molar-refractivity contribution in [2.45, 2.75) is 31.1 Å². The summed E-state index contributed by atoms with van der Waals surface area (Å²) in [7, 11) is 4.86. The number of phenols is 1. The third-order valence-corrected chi connectivity index (χ3v) is 11.5. The average molecular weight is 844 g/mol. The average Bonchev–Trinajstić information content (AvgIpc) is 3.55. The van der Waals surface area contributed by atoms with Gasteiger partial charge in [0, 0.05) is 37.7 Å². The minimum atomic E-state index is -4.90. The molecule has 4 amide bonds. The number of amides is 4. The van der Waals surface area contributed by atoms with Crippen molar-refractivity contribution >= 4 is 58.5 Å². The van der Waals surface area contributed by atoms with E-state index in [-0.39, 0.29) is 45.7 Å². The lowest BCUT2D eigenvalue weighted by molar-refractivity contribution is -0.143. The highest BCUT2D eigenvalue weighted by molar-refractivity contribution is 6.33. The first kappa shape index (κ1) is 39.9. The number of benzene rings is 1. The molecule has 4 heterocycles. The number of halogens is 8. The first-order valence-electron chi connectivity index (χ1n) is 17.1. The lowest BCUT2D eigenvalue weighted by Gasteiger charge is -2.44. The van der Waals surface area contributed by atoms with Crippen LogP contribution in [0.5, 0.6) is 17.2 Å². The van der Waals surface area contributed by atoms with Gasteiger partial charge >= 0.3 is 12.4 Å². The second-order valence-electron chi connectivity index (χ2n) is 13.8. The van der Waals surface area contributed by atoms with E-state index >= 15 is 0 Å². The number of carbonyl (C=O) groups is 4. The van der Waals surface area contributed by atoms with Gasteiger partial charge in [0.05, 0.1) is 47.9 Å². The molecule has 3 fully saturated rings. The Morgan fingerprint density at radius 1 is 0.719 bits per heavy atom. The number of hydrogen-bond acceptors (Lipinski definition) is 11. The summed E-state index contributed by atoms with van der Waals surface area (Å²) < 4.78 is 93.3. The van der Waals surface area contributed by atoms with Crippen LogP contribution in [-0.4, -0.2) is 77.0 Å². The summed E-state index contributed by atoms with van der Waals surface area (Å²) >= 11 is 12.5. The third-order valence-electron chi connectivity index (χ3n) is 10.9. The zero-order chi connectivity index (χ0) is 41.6. The number of alkyl halides is 6. The number of anilines is 2. The number of allylic oxidation sites excluding steroid dienone is 2. The smallest absolute Gasteiger partial charge is 0.433 e. The van der Waals surface area contributed by atoms with E-state index in [0.29, 0.717) is 27.7 Å². The van der Waals surface area contributed by atoms with Gasteiger partial charge in [-0.25, -0.2) is 9.97 Å². The van der Waals surface area contributed by atoms with Crippen molar-refractivity contribution < 1.29 is 60.1 Å². The Labute approximate surface area is 329 Å². The number of fused-ring (bicyclic) bond motifs is 4. The zero-order valence-corrected chi connectivity index (χ0v) is 31.5. The summed E-state index contributed by atoms with van der Waals surface area (Å²) in [5.41, 5.74) is -2.06. The van der Waals surface area contributed by atoms with E-state index in [2.05, 4.69) is 9.97 Å². The van der Waals surface area contributed by atoms with Crippen molar-refractivity contribution in [3.8, 4) is 17.2 Å². The number of carbonyl (C=O) groups excluding carboxylic acids is 4. The van der Waals surface area contributed by atoms with Crippen LogP contribution < -0.4 is 19.5 Å². The molecule has 21 heteroatoms. The molecule has 1 N–H and O–H groups in total. The Hall–Kier alpha value is -5.30. The maximum Gasteiger partial charge on any atom is 0.433 e. The normalized spacial score (nSPS) is 24.6. The minimum Gasteiger partial charge on any atom is -0.508 e. The molecule has 0 radical (unpaired) electrons. The Kier molecular flexibility index (Phi) is 9.78. The molecule has 1 saturated carbocycles. The van der Waals surface area contributed by atoms with Gasteiger partial charge in [-0.2, -0.15) is 36.4 Å². The van der Waals surface area contributed by atoms with E-state index in [9.17, 15) is 50.6 Å². The SMILES string of the molecule is COc1cc(O)cc(OC)c1C1C2=CCC3C(=O)N(N(C)c4nc(C(F)(F)F)ccc4Cl)C(=O)C3C2CC2C(=O)N(N(C)c3nc(C(F)(F)F)ccc3Cl)C(=O)C21. The summed E-state index contributed by atoms with van der Waals surface area (Å²) in [6.45, 7) is 0. The maximum atomic E-state index is 14.6. The van der Waals surface area contributed by atoms with Gasteiger partial charge in [-0.1, -0.05) is 34.9 Å². The van der Waals surface area contributed by atoms with Gasteiger partial charge in [-0.15, -0.1) is 0 Å². The molecule has 0 bridgehead atoms. The molecular weight excluding hydrogens is 813 g/mol. The predicted molar refractivity (Wildman–Crippen MR) is 188 cm³/mol. The van der Waals surface area contributed by atoms with Crippen LogP contribution in [-0.2, 0) is 31.5 Å². The summed E-state index contributed by atoms with van der Waals surface area (Å²) in [4.78, 5) is 64.8. The van der Waals surface area contributed by atoms with Crippen LogP contribution in [0, 0.1) is 29.6 Å². The fourth-order valence-electron chi connectivity index (χ4n) is 8.52. The summed E-state index contributed by atoms with van der Waals surface area (Å²) in [5, 5.41) is 12.8. The standard InChI is InChI=1S/C36H30Cl2F6N6O7/c1-47(29-19(37)7-9-23(45-29)35(39,40)41)49-31(52)16-6-5-15-17(25(16)33(49)54)13-18-27(26(15)28-21(56-3)11-14(51)12-22(28)57-4)34(55)50(32(18)53)48(2)30-20(38)8-10-24(46-30)36(42,43)44/h5,7-12,16-18,25-27,51H,6,13H2,1-4H3. The molecule has 4 aliphatic rings. The van der Waals surface area contributed by atoms with Crippen LogP contribution in [0.3, 0.4) is 0 Å². The molecule has 57 heavy (non-hydrogen) atoms. The second-order valence-corrected chi connectivity index (χ2v) is 14.6. The van der Waals surface area contributed by atoms with E-state index < -0.39 is 94.5 Å². The Morgan fingerprint density at radius 3 is 1.63 bits per heavy atom. The van der Waals surface area contributed by atoms with Gasteiger partial charge in [-0.3, -0.25) is 29.2 Å². The number of rotatable bonds is 7. The fraction of sp³-hybridized carbons (Fsp3) is 0.389. The van der Waals surface area contributed by atoms with Crippen LogP contribution >= 0.6 is 23.2 Å². The topological polar surface area (TPSA) is 146 Å². The van der Waals surface area contributed by atoms with Crippen LogP contribution in [0.25, 0.3) is 0 Å². The highest BCUT2D eigenvalue weighted by atomic mass is 35.5. The van der Waals surface area contributed by atoms with Crippen molar-refractivity contribution in [3.63, 3.8) is 0 Å². The van der Waals surface area contributed by atoms with Gasteiger partial charge in [0.1, 0.15) is 28.6 Å². The number of imide groups is 2. The number of phenolic OH excluding ortho intramolecular Hbond substituents is 1. The monoisotopic (exact) mass is 842 g/mol. The van der Waals surface area contributed by atoms with E-state index in [4.69, 9.17) is 32.7 Å². The molecule has 13 nitrogen and oxygen atoms in total. The van der Waals surface area contributed by atoms with Gasteiger partial charge in [0.2, 0.25) is 0 Å². The number of hydrazine groups is 2. The van der Waals surface area contributed by atoms with Crippen LogP contribution in [0.2, 0.25) is 10.0 Å². The summed E-state index contributed by atoms with van der Waals surface area (Å²) in [6, 6.07) is 5.62. The van der Waals surface area contributed by atoms with E-state index in [0.717, 1.165) is 36.2 Å². The van der Waals surface area contributed by atoms with E-state index in [1.807, 2.05) is 0 Å². The molecule has 6 atom stereocenters. The third kappa shape index (κ3) is 6.34. The predicted octanol–water partition coefficient (Wildman–Crippen LogP) is 6.28. The number of methoxy groups -OCH3 is 2. The van der Waals surface area contributed by atoms with Crippen molar-refractivity contribution in [2.24, 2.45) is 29.6 Å². The number of aromatic nitrogens is 2. The second kappa shape index (κ2) is 14.0. The van der Waals surface area contributed by atoms with Gasteiger partial charge in [0.15, 0.2) is 11.6 Å². The molecule has 2 aromatic heterocycles. The highest BCUT2D eigenvalue weighted by Crippen LogP contribution is 2.61.